The van der Waals surface area contributed by atoms with E-state index in [2.05, 4.69) is 10.6 Å². The molecular weight excluding hydrogens is 444 g/mol. The number of para-hydroxylation sites is 1. The van der Waals surface area contributed by atoms with Crippen molar-refractivity contribution in [1.29, 1.82) is 0 Å². The van der Waals surface area contributed by atoms with Crippen LogP contribution in [0.4, 0.5) is 5.95 Å². The zero-order chi connectivity index (χ0) is 23.8. The lowest BCUT2D eigenvalue weighted by molar-refractivity contribution is -0.121. The molecule has 0 unspecified atom stereocenters. The summed E-state index contributed by atoms with van der Waals surface area (Å²) in [6.07, 6.45) is 6.17. The van der Waals surface area contributed by atoms with E-state index in [1.54, 1.807) is 11.6 Å². The number of hydrogen-bond donors (Lipinski definition) is 2. The SMILES string of the molecule is COc1ccc(-c2nc3c4cccc(OC5CCC5)c4nc(N[C@@H]4CCCCNC4=O)n3n2)cc1. The van der Waals surface area contributed by atoms with Gasteiger partial charge in [-0.25, -0.2) is 9.97 Å². The Bertz CT molecular complexity index is 1380. The molecule has 1 saturated carbocycles. The summed E-state index contributed by atoms with van der Waals surface area (Å²) in [4.78, 5) is 22.5. The second kappa shape index (κ2) is 9.05. The van der Waals surface area contributed by atoms with Gasteiger partial charge < -0.3 is 20.1 Å². The van der Waals surface area contributed by atoms with E-state index in [1.807, 2.05) is 42.5 Å². The summed E-state index contributed by atoms with van der Waals surface area (Å²) in [6, 6.07) is 13.1. The lowest BCUT2D eigenvalue weighted by Gasteiger charge is -2.26. The predicted octanol–water partition coefficient (Wildman–Crippen LogP) is 3.97. The Morgan fingerprint density at radius 3 is 2.66 bits per heavy atom. The molecule has 6 rings (SSSR count). The molecule has 1 aliphatic carbocycles. The van der Waals surface area contributed by atoms with Gasteiger partial charge in [0.25, 0.3) is 0 Å². The summed E-state index contributed by atoms with van der Waals surface area (Å²) in [5.41, 5.74) is 2.25. The maximum Gasteiger partial charge on any atom is 0.242 e. The summed E-state index contributed by atoms with van der Waals surface area (Å²) in [5.74, 6) is 2.53. The van der Waals surface area contributed by atoms with Gasteiger partial charge in [-0.15, -0.1) is 5.10 Å². The number of benzene rings is 2. The number of ether oxygens (including phenoxy) is 2. The zero-order valence-corrected chi connectivity index (χ0v) is 19.7. The van der Waals surface area contributed by atoms with Crippen LogP contribution in [0.15, 0.2) is 42.5 Å². The maximum absolute atomic E-state index is 12.7. The van der Waals surface area contributed by atoms with Crippen molar-refractivity contribution in [1.82, 2.24) is 24.9 Å². The average molecular weight is 473 g/mol. The van der Waals surface area contributed by atoms with Crippen LogP contribution >= 0.6 is 0 Å². The molecule has 1 aliphatic heterocycles. The summed E-state index contributed by atoms with van der Waals surface area (Å²) in [5, 5.41) is 12.0. The quantitative estimate of drug-likeness (QED) is 0.438. The summed E-state index contributed by atoms with van der Waals surface area (Å²) >= 11 is 0. The maximum atomic E-state index is 12.7. The van der Waals surface area contributed by atoms with Crippen molar-refractivity contribution in [3.8, 4) is 22.9 Å². The van der Waals surface area contributed by atoms with Crippen LogP contribution in [-0.4, -0.2) is 51.3 Å². The number of carbonyl (C=O) groups excluding carboxylic acids is 1. The van der Waals surface area contributed by atoms with Gasteiger partial charge in [-0.2, -0.15) is 4.52 Å². The van der Waals surface area contributed by atoms with E-state index in [1.165, 1.54) is 6.42 Å². The molecule has 2 aromatic heterocycles. The van der Waals surface area contributed by atoms with E-state index in [4.69, 9.17) is 24.5 Å². The van der Waals surface area contributed by atoms with Gasteiger partial charge in [0, 0.05) is 17.5 Å². The molecule has 0 radical (unpaired) electrons. The van der Waals surface area contributed by atoms with Crippen molar-refractivity contribution >= 4 is 28.4 Å². The molecule has 4 aromatic rings. The Hall–Kier alpha value is -3.88. The molecule has 2 fully saturated rings. The van der Waals surface area contributed by atoms with E-state index in [-0.39, 0.29) is 18.1 Å². The van der Waals surface area contributed by atoms with Crippen molar-refractivity contribution in [2.24, 2.45) is 0 Å². The summed E-state index contributed by atoms with van der Waals surface area (Å²) < 4.78 is 13.3. The largest absolute Gasteiger partial charge is 0.497 e. The van der Waals surface area contributed by atoms with Crippen LogP contribution in [-0.2, 0) is 4.79 Å². The van der Waals surface area contributed by atoms with Gasteiger partial charge in [-0.1, -0.05) is 6.07 Å². The second-order valence-electron chi connectivity index (χ2n) is 9.14. The fraction of sp³-hybridized carbons (Fsp3) is 0.385. The Kier molecular flexibility index (Phi) is 5.60. The van der Waals surface area contributed by atoms with Gasteiger partial charge in [0.1, 0.15) is 23.1 Å². The molecular formula is C26H28N6O3. The van der Waals surface area contributed by atoms with Gasteiger partial charge in [0.15, 0.2) is 11.5 Å². The number of nitrogens with zero attached hydrogens (tertiary/aromatic N) is 4. The molecule has 9 nitrogen and oxygen atoms in total. The number of rotatable bonds is 6. The van der Waals surface area contributed by atoms with E-state index in [0.29, 0.717) is 24.0 Å². The highest BCUT2D eigenvalue weighted by molar-refractivity contribution is 5.96. The van der Waals surface area contributed by atoms with Crippen molar-refractivity contribution in [2.45, 2.75) is 50.7 Å². The van der Waals surface area contributed by atoms with Crippen LogP contribution in [0.2, 0.25) is 0 Å². The molecule has 9 heteroatoms. The minimum Gasteiger partial charge on any atom is -0.497 e. The van der Waals surface area contributed by atoms with Crippen LogP contribution in [0, 0.1) is 0 Å². The van der Waals surface area contributed by atoms with Crippen LogP contribution in [0.1, 0.15) is 38.5 Å². The van der Waals surface area contributed by atoms with Crippen LogP contribution in [0.25, 0.3) is 27.9 Å². The van der Waals surface area contributed by atoms with Crippen molar-refractivity contribution in [2.75, 3.05) is 19.0 Å². The van der Waals surface area contributed by atoms with Crippen molar-refractivity contribution < 1.29 is 14.3 Å². The standard InChI is InChI=1S/C26H28N6O3/c1-34-17-13-11-16(12-14-17)23-30-24-19-8-5-10-21(35-18-6-4-7-18)22(19)29-26(32(24)31-23)28-20-9-2-3-15-27-25(20)33/h5,8,10-14,18,20H,2-4,6-7,9,15H2,1H3,(H,27,33)(H,28,29)/t20-/m1/s1. The number of amides is 1. The normalized spacial score (nSPS) is 18.7. The molecule has 2 N–H and O–H groups in total. The molecule has 0 spiro atoms. The monoisotopic (exact) mass is 472 g/mol. The van der Waals surface area contributed by atoms with Gasteiger partial charge in [0.2, 0.25) is 11.9 Å². The number of anilines is 1. The van der Waals surface area contributed by atoms with Gasteiger partial charge in [-0.05, 0) is 74.9 Å². The summed E-state index contributed by atoms with van der Waals surface area (Å²) in [7, 11) is 1.64. The smallest absolute Gasteiger partial charge is 0.242 e. The molecule has 3 heterocycles. The topological polar surface area (TPSA) is 103 Å². The van der Waals surface area contributed by atoms with Crippen LogP contribution in [0.3, 0.4) is 0 Å². The highest BCUT2D eigenvalue weighted by Gasteiger charge is 2.25. The first-order chi connectivity index (χ1) is 17.2. The first kappa shape index (κ1) is 21.6. The number of aromatic nitrogens is 4. The number of nitrogens with one attached hydrogen (secondary N) is 2. The zero-order valence-electron chi connectivity index (χ0n) is 19.7. The Morgan fingerprint density at radius 1 is 1.03 bits per heavy atom. The minimum atomic E-state index is -0.390. The number of hydrogen-bond acceptors (Lipinski definition) is 7. The van der Waals surface area contributed by atoms with Crippen LogP contribution < -0.4 is 20.1 Å². The molecule has 1 atom stereocenters. The molecule has 1 amide bonds. The lowest BCUT2D eigenvalue weighted by Crippen LogP contribution is -2.38. The fourth-order valence-corrected chi connectivity index (χ4v) is 4.56. The van der Waals surface area contributed by atoms with Gasteiger partial charge >= 0.3 is 0 Å². The third-order valence-electron chi connectivity index (χ3n) is 6.80. The molecule has 0 bridgehead atoms. The highest BCUT2D eigenvalue weighted by atomic mass is 16.5. The molecule has 180 valence electrons. The van der Waals surface area contributed by atoms with Crippen molar-refractivity contribution in [3.63, 3.8) is 0 Å². The van der Waals surface area contributed by atoms with Crippen molar-refractivity contribution in [3.05, 3.63) is 42.5 Å². The van der Waals surface area contributed by atoms with Gasteiger partial charge in [-0.3, -0.25) is 4.79 Å². The van der Waals surface area contributed by atoms with Gasteiger partial charge in [0.05, 0.1) is 13.2 Å². The molecule has 35 heavy (non-hydrogen) atoms. The third-order valence-corrected chi connectivity index (χ3v) is 6.80. The number of fused-ring (bicyclic) bond motifs is 3. The van der Waals surface area contributed by atoms with E-state index >= 15 is 0 Å². The van der Waals surface area contributed by atoms with Crippen LogP contribution in [0.5, 0.6) is 11.5 Å². The number of methoxy groups -OCH3 is 1. The summed E-state index contributed by atoms with van der Waals surface area (Å²) in [6.45, 7) is 0.696. The second-order valence-corrected chi connectivity index (χ2v) is 9.14. The number of carbonyl (C=O) groups is 1. The Labute approximate surface area is 202 Å². The average Bonchev–Trinajstić information content (AvgIpc) is 3.21. The van der Waals surface area contributed by atoms with E-state index < -0.39 is 0 Å². The van der Waals surface area contributed by atoms with E-state index in [0.717, 1.165) is 60.1 Å². The highest BCUT2D eigenvalue weighted by Crippen LogP contribution is 2.33. The molecule has 2 aliphatic rings. The first-order valence-electron chi connectivity index (χ1n) is 12.2. The lowest BCUT2D eigenvalue weighted by atomic mass is 9.96. The fourth-order valence-electron chi connectivity index (χ4n) is 4.56. The predicted molar refractivity (Wildman–Crippen MR) is 133 cm³/mol. The Balaban J connectivity index is 1.49. The van der Waals surface area contributed by atoms with E-state index in [9.17, 15) is 4.79 Å². The Morgan fingerprint density at radius 2 is 1.89 bits per heavy atom. The third kappa shape index (κ3) is 4.11. The minimum absolute atomic E-state index is 0.0213. The molecule has 2 aromatic carbocycles. The molecule has 1 saturated heterocycles. The first-order valence-corrected chi connectivity index (χ1v) is 12.2.